The van der Waals surface area contributed by atoms with Crippen LogP contribution in [0.15, 0.2) is 0 Å². The number of hydrazine groups is 1. The summed E-state index contributed by atoms with van der Waals surface area (Å²) >= 11 is 0. The molecule has 2 aliphatic rings. The monoisotopic (exact) mass is 283 g/mol. The molecule has 0 amide bonds. The van der Waals surface area contributed by atoms with Crippen molar-refractivity contribution in [1.29, 1.82) is 0 Å². The zero-order valence-electron chi connectivity index (χ0n) is 13.3. The van der Waals surface area contributed by atoms with Crippen molar-refractivity contribution in [3.63, 3.8) is 0 Å². The van der Waals surface area contributed by atoms with Crippen LogP contribution in [0, 0.1) is 11.8 Å². The number of nitrogens with two attached hydrogens (primary N) is 1. The van der Waals surface area contributed by atoms with Gasteiger partial charge in [-0.1, -0.05) is 33.1 Å². The second kappa shape index (κ2) is 8.32. The summed E-state index contributed by atoms with van der Waals surface area (Å²) in [5.41, 5.74) is 3.09. The average molecular weight is 283 g/mol. The van der Waals surface area contributed by atoms with Gasteiger partial charge < -0.3 is 4.74 Å². The Hall–Kier alpha value is -0.160. The summed E-state index contributed by atoms with van der Waals surface area (Å²) in [6.07, 6.45) is 8.16. The molecule has 1 heterocycles. The molecule has 0 aromatic rings. The van der Waals surface area contributed by atoms with E-state index >= 15 is 0 Å². The van der Waals surface area contributed by atoms with Crippen LogP contribution in [0.25, 0.3) is 0 Å². The van der Waals surface area contributed by atoms with Gasteiger partial charge in [-0.15, -0.1) is 0 Å². The molecular formula is C16H33N3O. The third-order valence-electron chi connectivity index (χ3n) is 5.29. The van der Waals surface area contributed by atoms with E-state index in [1.165, 1.54) is 45.1 Å². The van der Waals surface area contributed by atoms with Gasteiger partial charge in [0.25, 0.3) is 0 Å². The largest absolute Gasteiger partial charge is 0.374 e. The van der Waals surface area contributed by atoms with Gasteiger partial charge in [0.2, 0.25) is 0 Å². The Morgan fingerprint density at radius 2 is 2.00 bits per heavy atom. The Bertz CT molecular complexity index is 264. The maximum absolute atomic E-state index is 6.03. The molecule has 2 fully saturated rings. The summed E-state index contributed by atoms with van der Waals surface area (Å²) in [4.78, 5) is 2.52. The minimum absolute atomic E-state index is 0.267. The van der Waals surface area contributed by atoms with Gasteiger partial charge in [0.05, 0.1) is 18.8 Å². The molecule has 2 unspecified atom stereocenters. The molecule has 2 atom stereocenters. The lowest BCUT2D eigenvalue weighted by atomic mass is 9.76. The highest BCUT2D eigenvalue weighted by molar-refractivity contribution is 4.89. The minimum atomic E-state index is 0.267. The van der Waals surface area contributed by atoms with Crippen LogP contribution in [-0.2, 0) is 4.74 Å². The van der Waals surface area contributed by atoms with Crippen molar-refractivity contribution in [2.24, 2.45) is 17.7 Å². The molecule has 0 bridgehead atoms. The van der Waals surface area contributed by atoms with E-state index in [9.17, 15) is 0 Å². The van der Waals surface area contributed by atoms with Crippen LogP contribution in [0.1, 0.15) is 52.4 Å². The molecule has 0 spiro atoms. The molecule has 4 heteroatoms. The molecule has 3 N–H and O–H groups in total. The quantitative estimate of drug-likeness (QED) is 0.579. The fraction of sp³-hybridized carbons (Fsp3) is 1.00. The number of hydrogen-bond donors (Lipinski definition) is 2. The van der Waals surface area contributed by atoms with Gasteiger partial charge in [-0.3, -0.25) is 16.2 Å². The van der Waals surface area contributed by atoms with Gasteiger partial charge >= 0.3 is 0 Å². The van der Waals surface area contributed by atoms with Crippen molar-refractivity contribution >= 4 is 0 Å². The molecule has 1 saturated carbocycles. The van der Waals surface area contributed by atoms with E-state index in [1.807, 2.05) is 0 Å². The number of nitrogens with zero attached hydrogens (tertiary/aromatic N) is 1. The van der Waals surface area contributed by atoms with Gasteiger partial charge in [-0.2, -0.15) is 0 Å². The molecule has 0 aromatic heterocycles. The zero-order chi connectivity index (χ0) is 14.4. The van der Waals surface area contributed by atoms with Gasteiger partial charge in [0.15, 0.2) is 0 Å². The molecule has 1 aliphatic heterocycles. The first-order valence-electron chi connectivity index (χ1n) is 8.58. The minimum Gasteiger partial charge on any atom is -0.374 e. The van der Waals surface area contributed by atoms with Gasteiger partial charge in [-0.25, -0.2) is 0 Å². The Balaban J connectivity index is 1.87. The Morgan fingerprint density at radius 3 is 2.60 bits per heavy atom. The molecular weight excluding hydrogens is 250 g/mol. The lowest BCUT2D eigenvalue weighted by Crippen LogP contribution is -2.57. The standard InChI is InChI=1S/C16H33N3O/c1-3-9-19-10-11-20-15(12-19)16(18-17)14-7-5-13(4-2)6-8-14/h13-16,18H,3-12,17H2,1-2H3. The van der Waals surface area contributed by atoms with E-state index < -0.39 is 0 Å². The van der Waals surface area contributed by atoms with Crippen LogP contribution in [-0.4, -0.2) is 43.3 Å². The van der Waals surface area contributed by atoms with Crippen molar-refractivity contribution in [3.05, 3.63) is 0 Å². The molecule has 2 rings (SSSR count). The molecule has 0 radical (unpaired) electrons. The first-order valence-corrected chi connectivity index (χ1v) is 8.58. The van der Waals surface area contributed by atoms with Crippen molar-refractivity contribution in [2.45, 2.75) is 64.5 Å². The number of morpholine rings is 1. The molecule has 20 heavy (non-hydrogen) atoms. The van der Waals surface area contributed by atoms with Gasteiger partial charge in [0.1, 0.15) is 0 Å². The average Bonchev–Trinajstić information content (AvgIpc) is 2.49. The van der Waals surface area contributed by atoms with E-state index in [4.69, 9.17) is 10.6 Å². The topological polar surface area (TPSA) is 50.5 Å². The number of hydrogen-bond acceptors (Lipinski definition) is 4. The SMILES string of the molecule is CCCN1CCOC(C(NN)C2CCC(CC)CC2)C1. The Kier molecular flexibility index (Phi) is 6.75. The normalized spacial score (nSPS) is 34.0. The molecule has 1 saturated heterocycles. The third kappa shape index (κ3) is 4.17. The van der Waals surface area contributed by atoms with E-state index in [2.05, 4.69) is 24.2 Å². The smallest absolute Gasteiger partial charge is 0.0871 e. The Morgan fingerprint density at radius 1 is 1.25 bits per heavy atom. The number of ether oxygens (including phenoxy) is 1. The fourth-order valence-corrected chi connectivity index (χ4v) is 3.97. The van der Waals surface area contributed by atoms with E-state index in [0.717, 1.165) is 25.6 Å². The second-order valence-electron chi connectivity index (χ2n) is 6.59. The van der Waals surface area contributed by atoms with Crippen molar-refractivity contribution in [1.82, 2.24) is 10.3 Å². The first-order chi connectivity index (χ1) is 9.78. The van der Waals surface area contributed by atoms with Crippen LogP contribution in [0.3, 0.4) is 0 Å². The van der Waals surface area contributed by atoms with E-state index in [1.54, 1.807) is 0 Å². The molecule has 4 nitrogen and oxygen atoms in total. The highest BCUT2D eigenvalue weighted by Gasteiger charge is 2.34. The summed E-state index contributed by atoms with van der Waals surface area (Å²) in [6, 6.07) is 0.326. The predicted octanol–water partition coefficient (Wildman–Crippen LogP) is 2.15. The van der Waals surface area contributed by atoms with Crippen LogP contribution in [0.5, 0.6) is 0 Å². The summed E-state index contributed by atoms with van der Waals surface area (Å²) in [7, 11) is 0. The van der Waals surface area contributed by atoms with Crippen LogP contribution >= 0.6 is 0 Å². The lowest BCUT2D eigenvalue weighted by Gasteiger charge is -2.41. The molecule has 1 aliphatic carbocycles. The maximum atomic E-state index is 6.03. The number of nitrogens with one attached hydrogen (secondary N) is 1. The summed E-state index contributed by atoms with van der Waals surface area (Å²) in [6.45, 7) is 8.71. The number of rotatable bonds is 6. The summed E-state index contributed by atoms with van der Waals surface area (Å²) in [5, 5.41) is 0. The van der Waals surface area contributed by atoms with Crippen LogP contribution in [0.2, 0.25) is 0 Å². The van der Waals surface area contributed by atoms with Crippen LogP contribution in [0.4, 0.5) is 0 Å². The highest BCUT2D eigenvalue weighted by atomic mass is 16.5. The van der Waals surface area contributed by atoms with Crippen molar-refractivity contribution in [3.8, 4) is 0 Å². The van der Waals surface area contributed by atoms with Gasteiger partial charge in [0, 0.05) is 13.1 Å². The van der Waals surface area contributed by atoms with E-state index in [0.29, 0.717) is 12.0 Å². The second-order valence-corrected chi connectivity index (χ2v) is 6.59. The third-order valence-corrected chi connectivity index (χ3v) is 5.29. The fourth-order valence-electron chi connectivity index (χ4n) is 3.97. The zero-order valence-corrected chi connectivity index (χ0v) is 13.3. The first kappa shape index (κ1) is 16.2. The predicted molar refractivity (Wildman–Crippen MR) is 83.3 cm³/mol. The Labute approximate surface area is 124 Å². The van der Waals surface area contributed by atoms with Crippen molar-refractivity contribution in [2.75, 3.05) is 26.2 Å². The summed E-state index contributed by atoms with van der Waals surface area (Å²) < 4.78 is 6.03. The molecule has 118 valence electrons. The maximum Gasteiger partial charge on any atom is 0.0871 e. The highest BCUT2D eigenvalue weighted by Crippen LogP contribution is 2.34. The van der Waals surface area contributed by atoms with E-state index in [-0.39, 0.29) is 6.10 Å². The van der Waals surface area contributed by atoms with Gasteiger partial charge in [-0.05, 0) is 37.6 Å². The summed E-state index contributed by atoms with van der Waals surface area (Å²) in [5.74, 6) is 7.50. The van der Waals surface area contributed by atoms with Crippen LogP contribution < -0.4 is 11.3 Å². The molecule has 0 aromatic carbocycles. The lowest BCUT2D eigenvalue weighted by molar-refractivity contribution is -0.0604. The van der Waals surface area contributed by atoms with Crippen molar-refractivity contribution < 1.29 is 4.74 Å².